The highest BCUT2D eigenvalue weighted by molar-refractivity contribution is 4.65. The first-order chi connectivity index (χ1) is 26.1. The summed E-state index contributed by atoms with van der Waals surface area (Å²) < 4.78 is 10.6. The van der Waals surface area contributed by atoms with Gasteiger partial charge in [0.1, 0.15) is 52.4 Å². The molecule has 0 atom stereocenters. The molecule has 61 heavy (non-hydrogen) atoms. The molecular formula is C48H124IN12+9. The van der Waals surface area contributed by atoms with Gasteiger partial charge in [-0.1, -0.05) is 6.58 Å². The molecule has 0 amide bonds. The molecule has 0 bridgehead atoms. The van der Waals surface area contributed by atoms with Gasteiger partial charge < -0.3 is 68.8 Å². The molecule has 0 saturated carbocycles. The Morgan fingerprint density at radius 2 is 0.475 bits per heavy atom. The fraction of sp³-hybridized carbons (Fsp3) is 0.958. The third-order valence-electron chi connectivity index (χ3n) is 10.6. The number of quaternary nitrogens is 10. The normalized spacial score (nSPS) is 13.7. The Hall–Kier alpha value is -0.0100. The molecule has 0 unspecified atom stereocenters. The Kier molecular flexibility index (Phi) is 34.0. The highest BCUT2D eigenvalue weighted by atomic mass is 127. The first kappa shape index (κ1) is 70.0. The summed E-state index contributed by atoms with van der Waals surface area (Å²) in [6.45, 7) is 24.4. The lowest BCUT2D eigenvalue weighted by Gasteiger charge is -2.38. The molecule has 0 N–H and O–H groups in total. The van der Waals surface area contributed by atoms with E-state index in [1.54, 1.807) is 0 Å². The average molecular weight is 997 g/mol. The van der Waals surface area contributed by atoms with Crippen LogP contribution >= 0.6 is 0 Å². The van der Waals surface area contributed by atoms with Gasteiger partial charge in [-0.15, -0.1) is 0 Å². The fourth-order valence-electron chi connectivity index (χ4n) is 5.05. The largest absolute Gasteiger partial charge is 1.00 e. The Balaban J connectivity index is -0.000000228. The minimum atomic E-state index is 0. The number of hydrogen-bond donors (Lipinski definition) is 0. The van der Waals surface area contributed by atoms with Crippen LogP contribution in [0.4, 0.5) is 0 Å². The molecular weight excluding hydrogens is 872 g/mol. The zero-order chi connectivity index (χ0) is 48.9. The molecule has 0 heterocycles. The van der Waals surface area contributed by atoms with Gasteiger partial charge in [0, 0.05) is 26.2 Å². The van der Waals surface area contributed by atoms with E-state index in [9.17, 15) is 0 Å². The maximum absolute atomic E-state index is 3.91. The maximum Gasteiger partial charge on any atom is 0.129 e. The van der Waals surface area contributed by atoms with Crippen LogP contribution in [-0.2, 0) is 0 Å². The number of hydrogen-bond acceptors (Lipinski definition) is 2. The van der Waals surface area contributed by atoms with Crippen LogP contribution in [0.1, 0.15) is 0 Å². The predicted molar refractivity (Wildman–Crippen MR) is 271 cm³/mol. The topological polar surface area (TPSA) is 6.48 Å². The SMILES string of the molecule is C=CC[N+](C)(CC[N+](C)(C)C)CC[N+](C)(C)C.CN(CC[N+](C)(C)C)CC[N+](C)(C)C.CN(CC[N+](C)(C)C)CC[N+](C)(C)C.C[N+](C)(C)CC[N+](C)(C)CC[N+](C)(C)C.[I-]. The van der Waals surface area contributed by atoms with Crippen molar-refractivity contribution in [3.8, 4) is 0 Å². The van der Waals surface area contributed by atoms with E-state index >= 15 is 0 Å². The summed E-state index contributed by atoms with van der Waals surface area (Å²) in [6.07, 6.45) is 2.06. The summed E-state index contributed by atoms with van der Waals surface area (Å²) >= 11 is 0. The molecule has 0 aromatic heterocycles. The predicted octanol–water partition coefficient (Wildman–Crippen LogP) is -0.828. The molecule has 0 saturated heterocycles. The van der Waals surface area contributed by atoms with Gasteiger partial charge in [0.05, 0.1) is 223 Å². The third kappa shape index (κ3) is 64.4. The molecule has 0 aliphatic carbocycles. The van der Waals surface area contributed by atoms with Crippen LogP contribution in [0.25, 0.3) is 0 Å². The van der Waals surface area contributed by atoms with Gasteiger partial charge in [0.2, 0.25) is 0 Å². The lowest BCUT2D eigenvalue weighted by atomic mass is 10.3. The van der Waals surface area contributed by atoms with E-state index in [4.69, 9.17) is 0 Å². The van der Waals surface area contributed by atoms with E-state index in [-0.39, 0.29) is 24.0 Å². The zero-order valence-electron chi connectivity index (χ0n) is 48.0. The smallest absolute Gasteiger partial charge is 0.129 e. The summed E-state index contributed by atoms with van der Waals surface area (Å²) in [6, 6.07) is 0. The Bertz CT molecular complexity index is 960. The van der Waals surface area contributed by atoms with E-state index in [0.717, 1.165) is 51.4 Å². The molecule has 0 spiro atoms. The number of rotatable bonds is 26. The second kappa shape index (κ2) is 29.6. The molecule has 0 radical (unpaired) electrons. The van der Waals surface area contributed by atoms with Gasteiger partial charge in [0.15, 0.2) is 0 Å². The second-order valence-electron chi connectivity index (χ2n) is 27.6. The van der Waals surface area contributed by atoms with Gasteiger partial charge in [0.25, 0.3) is 0 Å². The van der Waals surface area contributed by atoms with Crippen LogP contribution < -0.4 is 24.0 Å². The number of halogens is 1. The maximum atomic E-state index is 3.91. The van der Waals surface area contributed by atoms with E-state index < -0.39 is 0 Å². The van der Waals surface area contributed by atoms with Crippen molar-refractivity contribution in [2.24, 2.45) is 0 Å². The molecule has 0 aromatic rings. The van der Waals surface area contributed by atoms with Gasteiger partial charge in [-0.2, -0.15) is 0 Å². The molecule has 0 rings (SSSR count). The van der Waals surface area contributed by atoms with Crippen molar-refractivity contribution in [2.75, 3.05) is 316 Å². The van der Waals surface area contributed by atoms with Crippen molar-refractivity contribution >= 4 is 0 Å². The molecule has 374 valence electrons. The van der Waals surface area contributed by atoms with Crippen LogP contribution in [0.15, 0.2) is 12.7 Å². The average Bonchev–Trinajstić information content (AvgIpc) is 2.99. The van der Waals surface area contributed by atoms with Crippen LogP contribution in [0.3, 0.4) is 0 Å². The standard InChI is InChI=1S/C14H34N3.C12H32N3.2C11H29N3.HI/c1-9-10-17(8,13-11-15(2,3)4)14-12-16(5,6)7;1-13(2,3)9-11-15(7,8)12-10-14(4,5)6;2*1-12(8-10-13(2,3)4)9-11-14(5,6)7;/h9H,1,10-14H2,2-8H3;9-12H2,1-8H3;2*8-11H2,1-7H3;1H/q2*+3;2*+2;/p-1. The summed E-state index contributed by atoms with van der Waals surface area (Å²) in [4.78, 5) is 4.85. The zero-order valence-corrected chi connectivity index (χ0v) is 50.2. The molecule has 0 aliphatic rings. The summed E-state index contributed by atoms with van der Waals surface area (Å²) in [5, 5.41) is 0. The van der Waals surface area contributed by atoms with Crippen molar-refractivity contribution in [3.05, 3.63) is 12.7 Å². The van der Waals surface area contributed by atoms with Crippen LogP contribution in [0.2, 0.25) is 0 Å². The van der Waals surface area contributed by atoms with E-state index in [1.165, 1.54) is 105 Å². The second-order valence-corrected chi connectivity index (χ2v) is 27.6. The minimum absolute atomic E-state index is 0. The Morgan fingerprint density at radius 1 is 0.295 bits per heavy atom. The van der Waals surface area contributed by atoms with Crippen molar-refractivity contribution in [1.82, 2.24) is 9.80 Å². The van der Waals surface area contributed by atoms with E-state index in [0.29, 0.717) is 0 Å². The van der Waals surface area contributed by atoms with Crippen molar-refractivity contribution in [2.45, 2.75) is 0 Å². The quantitative estimate of drug-likeness (QED) is 0.0636. The molecule has 0 aromatic carbocycles. The van der Waals surface area contributed by atoms with Crippen molar-refractivity contribution in [1.29, 1.82) is 0 Å². The number of likely N-dealkylation sites (N-methyl/N-ethyl adjacent to an activating group) is 12. The molecule has 12 nitrogen and oxygen atoms in total. The Labute approximate surface area is 405 Å². The molecule has 0 fully saturated rings. The number of nitrogens with zero attached hydrogens (tertiary/aromatic N) is 12. The lowest BCUT2D eigenvalue weighted by Crippen LogP contribution is -3.00. The van der Waals surface area contributed by atoms with Gasteiger partial charge in [-0.3, -0.25) is 9.80 Å². The lowest BCUT2D eigenvalue weighted by molar-refractivity contribution is -0.966. The Morgan fingerprint density at radius 3 is 0.639 bits per heavy atom. The summed E-state index contributed by atoms with van der Waals surface area (Å²) in [5.41, 5.74) is 0. The van der Waals surface area contributed by atoms with Crippen LogP contribution in [-0.4, -0.2) is 370 Å². The van der Waals surface area contributed by atoms with Crippen LogP contribution in [0.5, 0.6) is 0 Å². The first-order valence-electron chi connectivity index (χ1n) is 23.2. The van der Waals surface area contributed by atoms with Gasteiger partial charge in [-0.05, 0) is 20.2 Å². The molecule has 13 heteroatoms. The first-order valence-corrected chi connectivity index (χ1v) is 23.2. The minimum Gasteiger partial charge on any atom is -1.00 e. The summed E-state index contributed by atoms with van der Waals surface area (Å²) in [5.74, 6) is 0. The third-order valence-corrected chi connectivity index (χ3v) is 10.6. The highest BCUT2D eigenvalue weighted by Gasteiger charge is 2.26. The van der Waals surface area contributed by atoms with Gasteiger partial charge in [-0.25, -0.2) is 0 Å². The summed E-state index contributed by atoms with van der Waals surface area (Å²) in [7, 11) is 65.5. The fourth-order valence-corrected chi connectivity index (χ4v) is 5.05. The van der Waals surface area contributed by atoms with Crippen LogP contribution in [0, 0.1) is 0 Å². The van der Waals surface area contributed by atoms with Crippen molar-refractivity contribution in [3.63, 3.8) is 0 Å². The highest BCUT2D eigenvalue weighted by Crippen LogP contribution is 2.07. The molecule has 0 aliphatic heterocycles. The van der Waals surface area contributed by atoms with E-state index in [1.807, 2.05) is 0 Å². The van der Waals surface area contributed by atoms with Crippen molar-refractivity contribution < 1.29 is 68.8 Å². The van der Waals surface area contributed by atoms with E-state index in [2.05, 4.69) is 227 Å². The van der Waals surface area contributed by atoms with Gasteiger partial charge >= 0.3 is 0 Å². The monoisotopic (exact) mass is 996 g/mol.